The van der Waals surface area contributed by atoms with Gasteiger partial charge in [-0.2, -0.15) is 17.9 Å². The molecule has 3 aromatic rings. The Labute approximate surface area is 172 Å². The van der Waals surface area contributed by atoms with Gasteiger partial charge in [-0.15, -0.1) is 0 Å². The van der Waals surface area contributed by atoms with Gasteiger partial charge < -0.3 is 9.94 Å². The van der Waals surface area contributed by atoms with E-state index >= 15 is 0 Å². The maximum atomic E-state index is 13.0. The second-order valence-electron chi connectivity index (χ2n) is 6.94. The molecule has 1 unspecified atom stereocenters. The molecule has 0 bridgehead atoms. The number of alkyl halides is 3. The molecule has 0 radical (unpaired) electrons. The summed E-state index contributed by atoms with van der Waals surface area (Å²) in [6, 6.07) is 20.7. The fourth-order valence-electron chi connectivity index (χ4n) is 3.53. The summed E-state index contributed by atoms with van der Waals surface area (Å²) >= 11 is 0. The van der Waals surface area contributed by atoms with Crippen LogP contribution in [0.5, 0.6) is 5.75 Å². The van der Waals surface area contributed by atoms with Crippen molar-refractivity contribution in [2.75, 3.05) is 7.11 Å². The molecular weight excluding hydrogens is 391 g/mol. The van der Waals surface area contributed by atoms with E-state index in [4.69, 9.17) is 4.74 Å². The Bertz CT molecular complexity index is 1100. The summed E-state index contributed by atoms with van der Waals surface area (Å²) in [5, 5.41) is 13.0. The molecule has 1 heterocycles. The molecule has 30 heavy (non-hydrogen) atoms. The maximum absolute atomic E-state index is 13.0. The molecule has 6 heteroatoms. The highest BCUT2D eigenvalue weighted by Crippen LogP contribution is 2.39. The van der Waals surface area contributed by atoms with Gasteiger partial charge in [0.2, 0.25) is 11.8 Å². The van der Waals surface area contributed by atoms with E-state index < -0.39 is 17.8 Å². The number of ether oxygens (including phenoxy) is 1. The maximum Gasteiger partial charge on any atom is 0.416 e. The predicted molar refractivity (Wildman–Crippen MR) is 109 cm³/mol. The van der Waals surface area contributed by atoms with E-state index in [2.05, 4.69) is 0 Å². The first kappa shape index (κ1) is 19.8. The van der Waals surface area contributed by atoms with Crippen LogP contribution in [0.2, 0.25) is 0 Å². The number of hydrogen-bond donors (Lipinski definition) is 0. The molecule has 0 saturated carbocycles. The number of methoxy groups -OCH3 is 1. The summed E-state index contributed by atoms with van der Waals surface area (Å²) in [6.45, 7) is 0. The minimum atomic E-state index is -4.42. The first-order valence-electron chi connectivity index (χ1n) is 9.30. The molecule has 1 atom stereocenters. The van der Waals surface area contributed by atoms with Crippen molar-refractivity contribution in [3.63, 3.8) is 0 Å². The van der Waals surface area contributed by atoms with Crippen molar-refractivity contribution in [3.8, 4) is 5.75 Å². The van der Waals surface area contributed by atoms with E-state index in [9.17, 15) is 18.4 Å². The van der Waals surface area contributed by atoms with Crippen molar-refractivity contribution < 1.29 is 22.6 Å². The van der Waals surface area contributed by atoms with Crippen molar-refractivity contribution in [1.82, 2.24) is 0 Å². The van der Waals surface area contributed by atoms with E-state index in [1.54, 1.807) is 31.4 Å². The van der Waals surface area contributed by atoms with Crippen LogP contribution in [0, 0.1) is 5.21 Å². The van der Waals surface area contributed by atoms with E-state index in [1.165, 1.54) is 12.1 Å². The van der Waals surface area contributed by atoms with Gasteiger partial charge in [-0.3, -0.25) is 0 Å². The van der Waals surface area contributed by atoms with Crippen molar-refractivity contribution >= 4 is 11.8 Å². The van der Waals surface area contributed by atoms with Gasteiger partial charge in [-0.25, -0.2) is 0 Å². The van der Waals surface area contributed by atoms with Crippen molar-refractivity contribution in [2.45, 2.75) is 12.2 Å². The van der Waals surface area contributed by atoms with Crippen LogP contribution < -0.4 is 4.74 Å². The van der Waals surface area contributed by atoms with E-state index in [1.807, 2.05) is 36.4 Å². The third-order valence-electron chi connectivity index (χ3n) is 5.06. The molecule has 3 aromatic carbocycles. The lowest BCUT2D eigenvalue weighted by atomic mass is 9.84. The summed E-state index contributed by atoms with van der Waals surface area (Å²) < 4.78 is 44.7. The zero-order valence-corrected chi connectivity index (χ0v) is 16.1. The highest BCUT2D eigenvalue weighted by atomic mass is 19.4. The first-order chi connectivity index (χ1) is 14.4. The normalized spacial score (nSPS) is 17.7. The van der Waals surface area contributed by atoms with Gasteiger partial charge in [-0.1, -0.05) is 42.5 Å². The van der Waals surface area contributed by atoms with Crippen molar-refractivity contribution in [2.24, 2.45) is 0 Å². The number of benzene rings is 3. The number of rotatable bonds is 4. The monoisotopic (exact) mass is 409 g/mol. The fraction of sp³-hybridized carbons (Fsp3) is 0.125. The minimum absolute atomic E-state index is 0.492. The van der Waals surface area contributed by atoms with Gasteiger partial charge in [0.05, 0.1) is 18.2 Å². The van der Waals surface area contributed by atoms with Gasteiger partial charge in [0.1, 0.15) is 5.75 Å². The molecule has 3 nitrogen and oxygen atoms in total. The highest BCUT2D eigenvalue weighted by molar-refractivity contribution is 6.15. The van der Waals surface area contributed by atoms with Crippen LogP contribution in [0.1, 0.15) is 28.3 Å². The Hall–Kier alpha value is -3.54. The zero-order chi connectivity index (χ0) is 21.3. The van der Waals surface area contributed by atoms with Gasteiger partial charge in [-0.05, 0) is 48.0 Å². The molecule has 152 valence electrons. The molecule has 1 aliphatic rings. The van der Waals surface area contributed by atoms with E-state index in [0.717, 1.165) is 33.6 Å². The summed E-state index contributed by atoms with van der Waals surface area (Å²) in [6.07, 6.45) is -2.52. The van der Waals surface area contributed by atoms with Crippen LogP contribution in [0.4, 0.5) is 13.2 Å². The minimum Gasteiger partial charge on any atom is -0.623 e. The van der Waals surface area contributed by atoms with Crippen LogP contribution in [-0.4, -0.2) is 17.6 Å². The van der Waals surface area contributed by atoms with Crippen molar-refractivity contribution in [1.29, 1.82) is 0 Å². The molecule has 4 rings (SSSR count). The molecular formula is C24H18F3NO2. The fourth-order valence-corrected chi connectivity index (χ4v) is 3.53. The standard InChI is InChI=1S/C24H18F3NO2/c1-30-20-13-9-18(10-14-20)23-21(15-16-5-3-2-4-6-16)22(28(23)29)17-7-11-19(12-8-17)24(25,26)27/h2-15,22H,1H3/b21-15-. The lowest BCUT2D eigenvalue weighted by Gasteiger charge is -2.31. The molecule has 0 N–H and O–H groups in total. The number of hydroxylamine groups is 1. The largest absolute Gasteiger partial charge is 0.623 e. The SMILES string of the molecule is COc1ccc(C2=[N+]([O-])C(c3ccc(C(F)(F)F)cc3)/C2=C/c2ccccc2)cc1. The van der Waals surface area contributed by atoms with Gasteiger partial charge in [0.25, 0.3) is 0 Å². The Morgan fingerprint density at radius 3 is 2.10 bits per heavy atom. The Kier molecular flexibility index (Phi) is 5.08. The Morgan fingerprint density at radius 1 is 0.900 bits per heavy atom. The third-order valence-corrected chi connectivity index (χ3v) is 5.06. The second-order valence-corrected chi connectivity index (χ2v) is 6.94. The van der Waals surface area contributed by atoms with Crippen LogP contribution in [-0.2, 0) is 6.18 Å². The zero-order valence-electron chi connectivity index (χ0n) is 16.1. The van der Waals surface area contributed by atoms with Crippen LogP contribution >= 0.6 is 0 Å². The Morgan fingerprint density at radius 2 is 1.53 bits per heavy atom. The van der Waals surface area contributed by atoms with Gasteiger partial charge in [0.15, 0.2) is 0 Å². The molecule has 0 spiro atoms. The molecule has 0 aliphatic carbocycles. The third kappa shape index (κ3) is 3.68. The number of hydrogen-bond acceptors (Lipinski definition) is 2. The van der Waals surface area contributed by atoms with Gasteiger partial charge in [0, 0.05) is 11.1 Å². The molecule has 0 amide bonds. The average Bonchev–Trinajstić information content (AvgIpc) is 2.74. The second kappa shape index (κ2) is 7.71. The van der Waals surface area contributed by atoms with Crippen LogP contribution in [0.25, 0.3) is 6.08 Å². The Balaban J connectivity index is 1.78. The summed E-state index contributed by atoms with van der Waals surface area (Å²) in [5.41, 5.74) is 2.64. The van der Waals surface area contributed by atoms with Crippen LogP contribution in [0.15, 0.2) is 84.4 Å². The summed E-state index contributed by atoms with van der Waals surface area (Å²) in [7, 11) is 1.56. The van der Waals surface area contributed by atoms with E-state index in [0.29, 0.717) is 17.0 Å². The average molecular weight is 409 g/mol. The topological polar surface area (TPSA) is 35.3 Å². The summed E-state index contributed by atoms with van der Waals surface area (Å²) in [4.78, 5) is 0. The quantitative estimate of drug-likeness (QED) is 0.400. The molecule has 1 aliphatic heterocycles. The van der Waals surface area contributed by atoms with Crippen LogP contribution in [0.3, 0.4) is 0 Å². The molecule has 0 saturated heterocycles. The molecule has 0 fully saturated rings. The highest BCUT2D eigenvalue weighted by Gasteiger charge is 2.43. The number of nitrogens with zero attached hydrogens (tertiary/aromatic N) is 1. The lowest BCUT2D eigenvalue weighted by Crippen LogP contribution is -2.38. The smallest absolute Gasteiger partial charge is 0.416 e. The number of halogens is 3. The lowest BCUT2D eigenvalue weighted by molar-refractivity contribution is -0.516. The summed E-state index contributed by atoms with van der Waals surface area (Å²) in [5.74, 6) is 0.670. The van der Waals surface area contributed by atoms with E-state index in [-0.39, 0.29) is 0 Å². The molecule has 0 aromatic heterocycles. The van der Waals surface area contributed by atoms with Gasteiger partial charge >= 0.3 is 6.18 Å². The van der Waals surface area contributed by atoms with Crippen molar-refractivity contribution in [3.05, 3.63) is 112 Å². The first-order valence-corrected chi connectivity index (χ1v) is 9.30. The predicted octanol–water partition coefficient (Wildman–Crippen LogP) is 5.85.